The molecule has 2 heteroatoms. The number of isocyanates is 1. The first-order valence-corrected chi connectivity index (χ1v) is 4.06. The van der Waals surface area contributed by atoms with Crippen LogP contribution >= 0.6 is 0 Å². The second kappa shape index (κ2) is 4.39. The fraction of sp³-hybridized carbons (Fsp3) is 0.182. The number of carbonyl (C=O) groups excluding carboxylic acids is 1. The minimum Gasteiger partial charge on any atom is -0.211 e. The van der Waals surface area contributed by atoms with Crippen molar-refractivity contribution in [3.63, 3.8) is 0 Å². The van der Waals surface area contributed by atoms with Gasteiger partial charge in [0.05, 0.1) is 5.70 Å². The normalized spacial score (nSPS) is 11.5. The molecule has 13 heavy (non-hydrogen) atoms. The van der Waals surface area contributed by atoms with E-state index in [4.69, 9.17) is 0 Å². The largest absolute Gasteiger partial charge is 0.240 e. The summed E-state index contributed by atoms with van der Waals surface area (Å²) in [5.41, 5.74) is 2.80. The highest BCUT2D eigenvalue weighted by Gasteiger charge is 1.97. The third-order valence-corrected chi connectivity index (χ3v) is 1.96. The predicted octanol–water partition coefficient (Wildman–Crippen LogP) is 2.77. The van der Waals surface area contributed by atoms with E-state index in [1.54, 1.807) is 6.92 Å². The lowest BCUT2D eigenvalue weighted by molar-refractivity contribution is 0.564. The second-order valence-corrected chi connectivity index (χ2v) is 2.78. The van der Waals surface area contributed by atoms with Crippen molar-refractivity contribution >= 4 is 11.7 Å². The average Bonchev–Trinajstić information content (AvgIpc) is 2.18. The molecule has 0 radical (unpaired) electrons. The van der Waals surface area contributed by atoms with Gasteiger partial charge in [-0.05, 0) is 25.0 Å². The zero-order chi connectivity index (χ0) is 9.68. The van der Waals surface area contributed by atoms with E-state index in [1.807, 2.05) is 37.3 Å². The standard InChI is InChI=1S/C11H11NO/c1-9(10(2)12-8-13)11-6-4-3-5-7-11/h3-7H,1-2H3/b10-9+. The molecule has 0 heterocycles. The minimum absolute atomic E-state index is 0.709. The molecule has 0 spiro atoms. The molecule has 0 saturated carbocycles. The van der Waals surface area contributed by atoms with E-state index in [2.05, 4.69) is 4.99 Å². The third-order valence-electron chi connectivity index (χ3n) is 1.96. The summed E-state index contributed by atoms with van der Waals surface area (Å²) in [6, 6.07) is 9.83. The Labute approximate surface area is 77.6 Å². The highest BCUT2D eigenvalue weighted by molar-refractivity contribution is 5.67. The van der Waals surface area contributed by atoms with Gasteiger partial charge in [0.25, 0.3) is 0 Å². The lowest BCUT2D eigenvalue weighted by Gasteiger charge is -2.01. The van der Waals surface area contributed by atoms with Crippen molar-refractivity contribution in [1.82, 2.24) is 0 Å². The number of aliphatic imine (C=N–C) groups is 1. The average molecular weight is 173 g/mol. The van der Waals surface area contributed by atoms with E-state index in [0.29, 0.717) is 5.70 Å². The van der Waals surface area contributed by atoms with Crippen LogP contribution in [0.25, 0.3) is 5.57 Å². The van der Waals surface area contributed by atoms with Crippen LogP contribution in [0.3, 0.4) is 0 Å². The van der Waals surface area contributed by atoms with Crippen molar-refractivity contribution in [2.45, 2.75) is 13.8 Å². The first-order chi connectivity index (χ1) is 6.25. The molecule has 0 saturated heterocycles. The highest BCUT2D eigenvalue weighted by atomic mass is 16.1. The predicted molar refractivity (Wildman–Crippen MR) is 52.8 cm³/mol. The second-order valence-electron chi connectivity index (χ2n) is 2.78. The van der Waals surface area contributed by atoms with Crippen LogP contribution < -0.4 is 0 Å². The number of hydrogen-bond acceptors (Lipinski definition) is 2. The van der Waals surface area contributed by atoms with Gasteiger partial charge in [-0.2, -0.15) is 4.99 Å². The maximum atomic E-state index is 10.0. The SMILES string of the molecule is C/C(N=C=O)=C(/C)c1ccccc1. The smallest absolute Gasteiger partial charge is 0.211 e. The van der Waals surface area contributed by atoms with E-state index in [-0.39, 0.29) is 0 Å². The van der Waals surface area contributed by atoms with Crippen molar-refractivity contribution in [2.24, 2.45) is 4.99 Å². The van der Waals surface area contributed by atoms with Gasteiger partial charge >= 0.3 is 0 Å². The minimum atomic E-state index is 0.709. The molecule has 2 nitrogen and oxygen atoms in total. The molecule has 0 aliphatic carbocycles. The van der Waals surface area contributed by atoms with E-state index < -0.39 is 0 Å². The van der Waals surface area contributed by atoms with Gasteiger partial charge in [0.2, 0.25) is 6.08 Å². The van der Waals surface area contributed by atoms with E-state index in [9.17, 15) is 4.79 Å². The number of benzene rings is 1. The van der Waals surface area contributed by atoms with Crippen LogP contribution in [-0.2, 0) is 4.79 Å². The summed E-state index contributed by atoms with van der Waals surface area (Å²) in [5, 5.41) is 0. The Bertz CT molecular complexity index is 359. The van der Waals surface area contributed by atoms with Gasteiger partial charge in [0.1, 0.15) is 0 Å². The molecule has 0 aliphatic heterocycles. The number of nitrogens with zero attached hydrogens (tertiary/aromatic N) is 1. The first-order valence-electron chi connectivity index (χ1n) is 4.06. The molecule has 0 aromatic heterocycles. The summed E-state index contributed by atoms with van der Waals surface area (Å²) < 4.78 is 0. The molecule has 0 N–H and O–H groups in total. The van der Waals surface area contributed by atoms with Gasteiger partial charge in [-0.3, -0.25) is 0 Å². The molecule has 1 aromatic rings. The van der Waals surface area contributed by atoms with Crippen LogP contribution in [0, 0.1) is 0 Å². The van der Waals surface area contributed by atoms with Crippen LogP contribution in [0.4, 0.5) is 0 Å². The molecule has 1 aromatic carbocycles. The molecule has 0 aliphatic rings. The van der Waals surface area contributed by atoms with Crippen molar-refractivity contribution in [3.05, 3.63) is 41.6 Å². The first kappa shape index (κ1) is 9.43. The molecular weight excluding hydrogens is 162 g/mol. The van der Waals surface area contributed by atoms with Gasteiger partial charge in [-0.15, -0.1) is 0 Å². The summed E-state index contributed by atoms with van der Waals surface area (Å²) in [5.74, 6) is 0. The maximum absolute atomic E-state index is 10.0. The van der Waals surface area contributed by atoms with Gasteiger partial charge in [0, 0.05) is 0 Å². The van der Waals surface area contributed by atoms with Crippen molar-refractivity contribution in [1.29, 1.82) is 0 Å². The van der Waals surface area contributed by atoms with Crippen LogP contribution in [-0.4, -0.2) is 6.08 Å². The molecule has 0 fully saturated rings. The Hall–Kier alpha value is -1.66. The summed E-state index contributed by atoms with van der Waals surface area (Å²) in [4.78, 5) is 13.6. The Morgan fingerprint density at radius 3 is 2.38 bits per heavy atom. The molecule has 0 amide bonds. The van der Waals surface area contributed by atoms with Crippen LogP contribution in [0.2, 0.25) is 0 Å². The van der Waals surface area contributed by atoms with E-state index in [0.717, 1.165) is 11.1 Å². The topological polar surface area (TPSA) is 29.4 Å². The van der Waals surface area contributed by atoms with Gasteiger partial charge in [0.15, 0.2) is 0 Å². The van der Waals surface area contributed by atoms with Gasteiger partial charge in [-0.25, -0.2) is 4.79 Å². The monoisotopic (exact) mass is 173 g/mol. The Balaban J connectivity index is 3.10. The molecular formula is C11H11NO. The Morgan fingerprint density at radius 1 is 1.23 bits per heavy atom. The Morgan fingerprint density at radius 2 is 1.85 bits per heavy atom. The highest BCUT2D eigenvalue weighted by Crippen LogP contribution is 2.17. The lowest BCUT2D eigenvalue weighted by Crippen LogP contribution is -1.81. The fourth-order valence-corrected chi connectivity index (χ4v) is 1.05. The zero-order valence-corrected chi connectivity index (χ0v) is 7.74. The quantitative estimate of drug-likeness (QED) is 0.499. The van der Waals surface area contributed by atoms with Crippen molar-refractivity contribution in [3.8, 4) is 0 Å². The molecule has 1 rings (SSSR count). The maximum Gasteiger partial charge on any atom is 0.240 e. The third kappa shape index (κ3) is 2.39. The van der Waals surface area contributed by atoms with Crippen molar-refractivity contribution in [2.75, 3.05) is 0 Å². The Kier molecular flexibility index (Phi) is 3.18. The van der Waals surface area contributed by atoms with Crippen LogP contribution in [0.5, 0.6) is 0 Å². The summed E-state index contributed by atoms with van der Waals surface area (Å²) in [6.07, 6.45) is 1.54. The van der Waals surface area contributed by atoms with Crippen LogP contribution in [0.1, 0.15) is 19.4 Å². The van der Waals surface area contributed by atoms with Crippen LogP contribution in [0.15, 0.2) is 41.0 Å². The lowest BCUT2D eigenvalue weighted by atomic mass is 10.1. The summed E-state index contributed by atoms with van der Waals surface area (Å²) in [6.45, 7) is 3.73. The fourth-order valence-electron chi connectivity index (χ4n) is 1.05. The molecule has 0 unspecified atom stereocenters. The summed E-state index contributed by atoms with van der Waals surface area (Å²) in [7, 11) is 0. The van der Waals surface area contributed by atoms with Gasteiger partial charge in [-0.1, -0.05) is 30.3 Å². The molecule has 0 bridgehead atoms. The molecule has 0 atom stereocenters. The summed E-state index contributed by atoms with van der Waals surface area (Å²) >= 11 is 0. The molecule has 66 valence electrons. The number of hydrogen-bond donors (Lipinski definition) is 0. The van der Waals surface area contributed by atoms with E-state index >= 15 is 0 Å². The number of rotatable bonds is 2. The number of allylic oxidation sites excluding steroid dienone is 2. The van der Waals surface area contributed by atoms with E-state index in [1.165, 1.54) is 6.08 Å². The van der Waals surface area contributed by atoms with Crippen molar-refractivity contribution < 1.29 is 4.79 Å². The zero-order valence-electron chi connectivity index (χ0n) is 7.74. The van der Waals surface area contributed by atoms with Gasteiger partial charge < -0.3 is 0 Å².